The van der Waals surface area contributed by atoms with Crippen LogP contribution in [-0.2, 0) is 0 Å². The quantitative estimate of drug-likeness (QED) is 0.175. The number of hydrogen-bond donors (Lipinski definition) is 0. The van der Waals surface area contributed by atoms with Gasteiger partial charge in [0.2, 0.25) is 0 Å². The SMILES string of the molecule is C1=CC2Oc3c(-c4cccc(-c5c6ccccc6c(-c6ccc(-c7ccc8oc9ccccc9c8c7)cc6)c6ccccc56)c4)cccc3C2C=C1. The number of fused-ring (bicyclic) bond motifs is 8. The second kappa shape index (κ2) is 11.4. The summed E-state index contributed by atoms with van der Waals surface area (Å²) in [7, 11) is 0. The first-order valence-electron chi connectivity index (χ1n) is 18.0. The Labute approximate surface area is 301 Å². The fourth-order valence-corrected chi connectivity index (χ4v) is 8.62. The molecule has 2 atom stereocenters. The first kappa shape index (κ1) is 29.1. The number of para-hydroxylation sites is 2. The Morgan fingerprint density at radius 1 is 0.385 bits per heavy atom. The molecule has 2 aliphatic rings. The number of allylic oxidation sites excluding steroid dienone is 2. The van der Waals surface area contributed by atoms with Gasteiger partial charge < -0.3 is 9.15 Å². The molecular weight excluding hydrogens is 633 g/mol. The highest BCUT2D eigenvalue weighted by Crippen LogP contribution is 2.48. The van der Waals surface area contributed by atoms with E-state index in [4.69, 9.17) is 9.15 Å². The van der Waals surface area contributed by atoms with Crippen LogP contribution >= 0.6 is 0 Å². The number of benzene rings is 8. The van der Waals surface area contributed by atoms with Gasteiger partial charge in [0.05, 0.1) is 0 Å². The lowest BCUT2D eigenvalue weighted by Gasteiger charge is -2.18. The zero-order valence-corrected chi connectivity index (χ0v) is 28.3. The first-order valence-corrected chi connectivity index (χ1v) is 18.0. The van der Waals surface area contributed by atoms with Crippen molar-refractivity contribution in [3.63, 3.8) is 0 Å². The molecule has 8 aromatic carbocycles. The van der Waals surface area contributed by atoms with Crippen molar-refractivity contribution in [2.75, 3.05) is 0 Å². The largest absolute Gasteiger partial charge is 0.484 e. The van der Waals surface area contributed by atoms with E-state index in [-0.39, 0.29) is 12.0 Å². The molecule has 1 aliphatic heterocycles. The van der Waals surface area contributed by atoms with Gasteiger partial charge in [0, 0.05) is 27.8 Å². The Morgan fingerprint density at radius 2 is 0.981 bits per heavy atom. The Kier molecular flexibility index (Phi) is 6.41. The lowest BCUT2D eigenvalue weighted by Crippen LogP contribution is -2.15. The predicted molar refractivity (Wildman–Crippen MR) is 216 cm³/mol. The molecule has 0 spiro atoms. The van der Waals surface area contributed by atoms with Crippen LogP contribution in [0, 0.1) is 0 Å². The Morgan fingerprint density at radius 3 is 1.75 bits per heavy atom. The summed E-state index contributed by atoms with van der Waals surface area (Å²) in [6.45, 7) is 0. The smallest absolute Gasteiger partial charge is 0.135 e. The lowest BCUT2D eigenvalue weighted by atomic mass is 9.85. The van der Waals surface area contributed by atoms with Crippen LogP contribution in [0.1, 0.15) is 11.5 Å². The molecule has 2 nitrogen and oxygen atoms in total. The molecule has 52 heavy (non-hydrogen) atoms. The molecule has 9 aromatic rings. The van der Waals surface area contributed by atoms with Crippen LogP contribution in [-0.4, -0.2) is 6.10 Å². The number of hydrogen-bond acceptors (Lipinski definition) is 2. The zero-order chi connectivity index (χ0) is 34.2. The monoisotopic (exact) mass is 664 g/mol. The summed E-state index contributed by atoms with van der Waals surface area (Å²) >= 11 is 0. The minimum atomic E-state index is 0.0549. The lowest BCUT2D eigenvalue weighted by molar-refractivity contribution is 0.270. The van der Waals surface area contributed by atoms with E-state index in [2.05, 4.69) is 170 Å². The van der Waals surface area contributed by atoms with Crippen LogP contribution in [0.5, 0.6) is 5.75 Å². The van der Waals surface area contributed by atoms with Crippen LogP contribution in [0.25, 0.3) is 88.0 Å². The van der Waals surface area contributed by atoms with E-state index < -0.39 is 0 Å². The summed E-state index contributed by atoms with van der Waals surface area (Å²) in [6, 6.07) is 57.1. The summed E-state index contributed by atoms with van der Waals surface area (Å²) in [4.78, 5) is 0. The summed E-state index contributed by atoms with van der Waals surface area (Å²) < 4.78 is 12.7. The summed E-state index contributed by atoms with van der Waals surface area (Å²) in [5.41, 5.74) is 12.7. The van der Waals surface area contributed by atoms with Gasteiger partial charge in [0.15, 0.2) is 0 Å². The highest BCUT2D eigenvalue weighted by atomic mass is 16.5. The standard InChI is InChI=1S/C50H32O2/c1-3-17-41-39(15-1)48(32-25-23-31(24-26-32)33-27-28-47-44(30-33)38-14-6-7-21-45(38)51-47)40-16-2-4-18-42(40)49(41)35-12-9-11-34(29-35)36-19-10-20-43-37-13-5-8-22-46(37)52-50(36)43/h1-30,37,46H. The van der Waals surface area contributed by atoms with Gasteiger partial charge in [-0.15, -0.1) is 0 Å². The molecule has 1 aliphatic carbocycles. The maximum Gasteiger partial charge on any atom is 0.135 e. The molecule has 0 saturated carbocycles. The van der Waals surface area contributed by atoms with Crippen molar-refractivity contribution in [2.45, 2.75) is 12.0 Å². The minimum Gasteiger partial charge on any atom is -0.484 e. The third-order valence-electron chi connectivity index (χ3n) is 11.0. The second-order valence-corrected chi connectivity index (χ2v) is 13.9. The van der Waals surface area contributed by atoms with Crippen LogP contribution in [0.4, 0.5) is 0 Å². The van der Waals surface area contributed by atoms with Crippen molar-refractivity contribution in [3.05, 3.63) is 188 Å². The molecular formula is C50H32O2. The van der Waals surface area contributed by atoms with E-state index >= 15 is 0 Å². The Bertz CT molecular complexity index is 2880. The molecule has 2 heteroatoms. The van der Waals surface area contributed by atoms with Crippen LogP contribution in [0.2, 0.25) is 0 Å². The van der Waals surface area contributed by atoms with Gasteiger partial charge in [-0.25, -0.2) is 0 Å². The number of rotatable bonds is 4. The van der Waals surface area contributed by atoms with Gasteiger partial charge >= 0.3 is 0 Å². The molecule has 2 heterocycles. The molecule has 0 saturated heterocycles. The van der Waals surface area contributed by atoms with Gasteiger partial charge in [-0.3, -0.25) is 0 Å². The minimum absolute atomic E-state index is 0.0549. The topological polar surface area (TPSA) is 22.4 Å². The predicted octanol–water partition coefficient (Wildman–Crippen LogP) is 13.5. The molecule has 2 unspecified atom stereocenters. The van der Waals surface area contributed by atoms with Crippen molar-refractivity contribution >= 4 is 43.5 Å². The molecule has 0 fully saturated rings. The van der Waals surface area contributed by atoms with E-state index in [0.29, 0.717) is 0 Å². The number of furan rings is 1. The molecule has 0 amide bonds. The first-order chi connectivity index (χ1) is 25.8. The van der Waals surface area contributed by atoms with E-state index in [1.54, 1.807) is 0 Å². The molecule has 0 bridgehead atoms. The highest BCUT2D eigenvalue weighted by molar-refractivity contribution is 6.21. The average Bonchev–Trinajstić information content (AvgIpc) is 3.78. The highest BCUT2D eigenvalue weighted by Gasteiger charge is 2.33. The third kappa shape index (κ3) is 4.44. The number of ether oxygens (including phenoxy) is 1. The van der Waals surface area contributed by atoms with Gasteiger partial charge in [-0.2, -0.15) is 0 Å². The van der Waals surface area contributed by atoms with E-state index in [1.807, 2.05) is 12.1 Å². The van der Waals surface area contributed by atoms with Gasteiger partial charge in [0.25, 0.3) is 0 Å². The Hall–Kier alpha value is -6.64. The van der Waals surface area contributed by atoms with Crippen LogP contribution in [0.15, 0.2) is 186 Å². The van der Waals surface area contributed by atoms with Crippen molar-refractivity contribution < 1.29 is 9.15 Å². The maximum absolute atomic E-state index is 6.57. The third-order valence-corrected chi connectivity index (χ3v) is 11.0. The molecule has 0 N–H and O–H groups in total. The van der Waals surface area contributed by atoms with E-state index in [1.165, 1.54) is 60.5 Å². The summed E-state index contributed by atoms with van der Waals surface area (Å²) in [5, 5.41) is 7.26. The van der Waals surface area contributed by atoms with Crippen molar-refractivity contribution in [2.24, 2.45) is 0 Å². The van der Waals surface area contributed by atoms with Gasteiger partial charge in [-0.05, 0) is 90.8 Å². The zero-order valence-electron chi connectivity index (χ0n) is 28.3. The van der Waals surface area contributed by atoms with Gasteiger partial charge in [-0.1, -0.05) is 152 Å². The van der Waals surface area contributed by atoms with Crippen molar-refractivity contribution in [1.29, 1.82) is 0 Å². The van der Waals surface area contributed by atoms with Gasteiger partial charge in [0.1, 0.15) is 23.0 Å². The molecule has 244 valence electrons. The van der Waals surface area contributed by atoms with Crippen LogP contribution in [0.3, 0.4) is 0 Å². The normalized spacial score (nSPS) is 16.1. The fraction of sp³-hybridized carbons (Fsp3) is 0.0400. The van der Waals surface area contributed by atoms with E-state index in [9.17, 15) is 0 Å². The molecule has 11 rings (SSSR count). The Balaban J connectivity index is 1.04. The van der Waals surface area contributed by atoms with E-state index in [0.717, 1.165) is 38.8 Å². The molecule has 1 aromatic heterocycles. The average molecular weight is 665 g/mol. The van der Waals surface area contributed by atoms with Crippen molar-refractivity contribution in [1.82, 2.24) is 0 Å². The fourth-order valence-electron chi connectivity index (χ4n) is 8.62. The maximum atomic E-state index is 6.57. The summed E-state index contributed by atoms with van der Waals surface area (Å²) in [6.07, 6.45) is 8.69. The summed E-state index contributed by atoms with van der Waals surface area (Å²) in [5.74, 6) is 1.26. The van der Waals surface area contributed by atoms with Crippen molar-refractivity contribution in [3.8, 4) is 50.3 Å². The van der Waals surface area contributed by atoms with Crippen LogP contribution < -0.4 is 4.74 Å². The molecule has 0 radical (unpaired) electrons. The second-order valence-electron chi connectivity index (χ2n) is 13.9.